The van der Waals surface area contributed by atoms with E-state index in [2.05, 4.69) is 36.2 Å². The average Bonchev–Trinajstić information content (AvgIpc) is 3.34. The summed E-state index contributed by atoms with van der Waals surface area (Å²) in [5, 5.41) is 3.48. The van der Waals surface area contributed by atoms with E-state index >= 15 is 0 Å². The van der Waals surface area contributed by atoms with Crippen molar-refractivity contribution in [2.75, 3.05) is 39.6 Å². The summed E-state index contributed by atoms with van der Waals surface area (Å²) in [6.45, 7) is 9.06. The molecule has 148 valence electrons. The zero-order valence-corrected chi connectivity index (χ0v) is 16.5. The number of fused-ring (bicyclic) bond motifs is 1. The van der Waals surface area contributed by atoms with E-state index in [0.717, 1.165) is 63.1 Å². The Morgan fingerprint density at radius 2 is 2.00 bits per heavy atom. The molecule has 0 unspecified atom stereocenters. The fourth-order valence-corrected chi connectivity index (χ4v) is 4.04. The van der Waals surface area contributed by atoms with Gasteiger partial charge in [0.05, 0.1) is 12.6 Å². The van der Waals surface area contributed by atoms with Gasteiger partial charge in [-0.1, -0.05) is 6.07 Å². The molecule has 0 spiro atoms. The normalized spacial score (nSPS) is 21.4. The van der Waals surface area contributed by atoms with Gasteiger partial charge in [-0.15, -0.1) is 0 Å². The van der Waals surface area contributed by atoms with Crippen molar-refractivity contribution in [3.05, 3.63) is 23.8 Å². The monoisotopic (exact) mass is 373 g/mol. The molecule has 1 aromatic carbocycles. The lowest BCUT2D eigenvalue weighted by Gasteiger charge is -2.34. The SMILES string of the molecule is CCNC(=NCC1(c2ccc3c(c2)OCO3)CC1)N1CCC(OCC)CC1. The largest absolute Gasteiger partial charge is 0.454 e. The molecule has 0 atom stereocenters. The molecule has 0 radical (unpaired) electrons. The van der Waals surface area contributed by atoms with E-state index in [1.807, 2.05) is 6.07 Å². The highest BCUT2D eigenvalue weighted by Gasteiger charge is 2.45. The van der Waals surface area contributed by atoms with Crippen LogP contribution in [0.25, 0.3) is 0 Å². The Morgan fingerprint density at radius 3 is 2.70 bits per heavy atom. The van der Waals surface area contributed by atoms with E-state index in [9.17, 15) is 0 Å². The zero-order valence-electron chi connectivity index (χ0n) is 16.5. The Bertz CT molecular complexity index is 679. The minimum atomic E-state index is 0.158. The molecule has 1 aliphatic carbocycles. The molecular weight excluding hydrogens is 342 g/mol. The Morgan fingerprint density at radius 1 is 1.22 bits per heavy atom. The molecule has 2 aliphatic heterocycles. The quantitative estimate of drug-likeness (QED) is 0.614. The van der Waals surface area contributed by atoms with Crippen molar-refractivity contribution in [2.24, 2.45) is 4.99 Å². The van der Waals surface area contributed by atoms with Gasteiger partial charge in [0.15, 0.2) is 17.5 Å². The molecule has 0 aromatic heterocycles. The number of likely N-dealkylation sites (tertiary alicyclic amines) is 1. The maximum Gasteiger partial charge on any atom is 0.231 e. The number of nitrogens with zero attached hydrogens (tertiary/aromatic N) is 2. The molecule has 4 rings (SSSR count). The van der Waals surface area contributed by atoms with Crippen LogP contribution in [0.15, 0.2) is 23.2 Å². The first-order chi connectivity index (χ1) is 13.2. The maximum absolute atomic E-state index is 5.78. The Hall–Kier alpha value is -1.95. The van der Waals surface area contributed by atoms with Gasteiger partial charge in [0.25, 0.3) is 0 Å². The summed E-state index contributed by atoms with van der Waals surface area (Å²) in [7, 11) is 0. The summed E-state index contributed by atoms with van der Waals surface area (Å²) in [5.74, 6) is 2.76. The molecule has 1 saturated heterocycles. The van der Waals surface area contributed by atoms with Crippen molar-refractivity contribution >= 4 is 5.96 Å². The van der Waals surface area contributed by atoms with Crippen molar-refractivity contribution < 1.29 is 14.2 Å². The predicted molar refractivity (Wildman–Crippen MR) is 106 cm³/mol. The molecule has 1 saturated carbocycles. The smallest absolute Gasteiger partial charge is 0.231 e. The third-order valence-corrected chi connectivity index (χ3v) is 5.85. The van der Waals surface area contributed by atoms with E-state index in [1.165, 1.54) is 18.4 Å². The minimum Gasteiger partial charge on any atom is -0.454 e. The summed E-state index contributed by atoms with van der Waals surface area (Å²) in [5.41, 5.74) is 1.48. The highest BCUT2D eigenvalue weighted by atomic mass is 16.7. The van der Waals surface area contributed by atoms with Crippen LogP contribution in [-0.4, -0.2) is 56.5 Å². The van der Waals surface area contributed by atoms with Crippen molar-refractivity contribution in [3.8, 4) is 11.5 Å². The van der Waals surface area contributed by atoms with Gasteiger partial charge < -0.3 is 24.4 Å². The summed E-state index contributed by atoms with van der Waals surface area (Å²) in [6.07, 6.45) is 4.92. The first-order valence-electron chi connectivity index (χ1n) is 10.3. The number of piperidine rings is 1. The molecular formula is C21H31N3O3. The van der Waals surface area contributed by atoms with Gasteiger partial charge >= 0.3 is 0 Å². The number of aliphatic imine (C=N–C) groups is 1. The topological polar surface area (TPSA) is 55.3 Å². The van der Waals surface area contributed by atoms with Crippen molar-refractivity contribution in [3.63, 3.8) is 0 Å². The van der Waals surface area contributed by atoms with Gasteiger partial charge in [-0.05, 0) is 57.2 Å². The fourth-order valence-electron chi connectivity index (χ4n) is 4.04. The first-order valence-corrected chi connectivity index (χ1v) is 10.3. The number of nitrogens with one attached hydrogen (secondary N) is 1. The second kappa shape index (κ2) is 7.97. The first kappa shape index (κ1) is 18.4. The second-order valence-corrected chi connectivity index (χ2v) is 7.66. The van der Waals surface area contributed by atoms with Crippen LogP contribution in [0.1, 0.15) is 45.1 Å². The number of ether oxygens (including phenoxy) is 3. The van der Waals surface area contributed by atoms with E-state index < -0.39 is 0 Å². The van der Waals surface area contributed by atoms with Crippen molar-refractivity contribution in [1.29, 1.82) is 0 Å². The van der Waals surface area contributed by atoms with Crippen molar-refractivity contribution in [1.82, 2.24) is 10.2 Å². The van der Waals surface area contributed by atoms with Crippen LogP contribution in [0.2, 0.25) is 0 Å². The number of benzene rings is 1. The van der Waals surface area contributed by atoms with Gasteiger partial charge in [-0.2, -0.15) is 0 Å². The molecule has 1 aromatic rings. The van der Waals surface area contributed by atoms with Crippen LogP contribution in [0.4, 0.5) is 0 Å². The lowest BCUT2D eigenvalue weighted by molar-refractivity contribution is 0.0263. The summed E-state index contributed by atoms with van der Waals surface area (Å²) >= 11 is 0. The molecule has 6 nitrogen and oxygen atoms in total. The summed E-state index contributed by atoms with van der Waals surface area (Å²) in [6, 6.07) is 6.35. The van der Waals surface area contributed by atoms with Crippen LogP contribution in [0.3, 0.4) is 0 Å². The minimum absolute atomic E-state index is 0.158. The van der Waals surface area contributed by atoms with Gasteiger partial charge in [0, 0.05) is 31.7 Å². The Balaban J connectivity index is 1.43. The zero-order chi connectivity index (χ0) is 18.7. The lowest BCUT2D eigenvalue weighted by Crippen LogP contribution is -2.47. The molecule has 27 heavy (non-hydrogen) atoms. The molecule has 2 heterocycles. The van der Waals surface area contributed by atoms with Crippen LogP contribution in [-0.2, 0) is 10.2 Å². The molecule has 3 aliphatic rings. The summed E-state index contributed by atoms with van der Waals surface area (Å²) < 4.78 is 16.8. The van der Waals surface area contributed by atoms with Crippen LogP contribution in [0.5, 0.6) is 11.5 Å². The predicted octanol–water partition coefficient (Wildman–Crippen LogP) is 2.91. The van der Waals surface area contributed by atoms with Gasteiger partial charge in [-0.3, -0.25) is 4.99 Å². The number of rotatable bonds is 6. The number of hydrogen-bond acceptors (Lipinski definition) is 4. The molecule has 2 fully saturated rings. The van der Waals surface area contributed by atoms with Gasteiger partial charge in [-0.25, -0.2) is 0 Å². The maximum atomic E-state index is 5.78. The Kier molecular flexibility index (Phi) is 5.43. The molecule has 1 N–H and O–H groups in total. The van der Waals surface area contributed by atoms with Crippen LogP contribution >= 0.6 is 0 Å². The summed E-state index contributed by atoms with van der Waals surface area (Å²) in [4.78, 5) is 7.41. The van der Waals surface area contributed by atoms with E-state index in [0.29, 0.717) is 12.9 Å². The van der Waals surface area contributed by atoms with Crippen LogP contribution < -0.4 is 14.8 Å². The third kappa shape index (κ3) is 4.00. The van der Waals surface area contributed by atoms with Crippen molar-refractivity contribution in [2.45, 2.75) is 51.0 Å². The van der Waals surface area contributed by atoms with E-state index in [1.54, 1.807) is 0 Å². The standard InChI is InChI=1S/C21H31N3O3/c1-3-22-20(24-11-7-17(8-12-24)25-4-2)23-14-21(9-10-21)16-5-6-18-19(13-16)27-15-26-18/h5-6,13,17H,3-4,7-12,14-15H2,1-2H3,(H,22,23). The number of guanidine groups is 1. The number of hydrogen-bond donors (Lipinski definition) is 1. The average molecular weight is 373 g/mol. The van der Waals surface area contributed by atoms with Gasteiger partial charge in [0.2, 0.25) is 6.79 Å². The molecule has 0 bridgehead atoms. The van der Waals surface area contributed by atoms with Gasteiger partial charge in [0.1, 0.15) is 0 Å². The highest BCUT2D eigenvalue weighted by molar-refractivity contribution is 5.80. The fraction of sp³-hybridized carbons (Fsp3) is 0.667. The second-order valence-electron chi connectivity index (χ2n) is 7.66. The third-order valence-electron chi connectivity index (χ3n) is 5.85. The highest BCUT2D eigenvalue weighted by Crippen LogP contribution is 2.50. The van der Waals surface area contributed by atoms with E-state index in [4.69, 9.17) is 19.2 Å². The lowest BCUT2D eigenvalue weighted by atomic mass is 9.95. The molecule has 6 heteroatoms. The Labute approximate surface area is 161 Å². The van der Waals surface area contributed by atoms with E-state index in [-0.39, 0.29) is 5.41 Å². The molecule has 0 amide bonds. The van der Waals surface area contributed by atoms with Crippen LogP contribution in [0, 0.1) is 0 Å².